The minimum absolute atomic E-state index is 0.386. The smallest absolute Gasteiger partial charge is 0.0809 e. The molecule has 0 bridgehead atoms. The van der Waals surface area contributed by atoms with Gasteiger partial charge in [-0.1, -0.05) is 56.6 Å². The summed E-state index contributed by atoms with van der Waals surface area (Å²) in [7, 11) is 0. The Morgan fingerprint density at radius 2 is 1.83 bits per heavy atom. The molecule has 0 aromatic carbocycles. The zero-order chi connectivity index (χ0) is 22.1. The third kappa shape index (κ3) is 5.29. The van der Waals surface area contributed by atoms with Gasteiger partial charge in [-0.15, -0.1) is 0 Å². The van der Waals surface area contributed by atoms with Crippen molar-refractivity contribution in [3.63, 3.8) is 0 Å². The topological polar surface area (TPSA) is 60.7 Å². The van der Waals surface area contributed by atoms with Gasteiger partial charge in [0.15, 0.2) is 0 Å². The Hall–Kier alpha value is -0.900. The zero-order valence-corrected chi connectivity index (χ0v) is 19.7. The highest BCUT2D eigenvalue weighted by molar-refractivity contribution is 5.29. The third-order valence-electron chi connectivity index (χ3n) is 8.47. The molecule has 3 aliphatic rings. The molecule has 0 heterocycles. The monoisotopic (exact) mass is 416 g/mol. The normalized spacial score (nSPS) is 37.4. The first-order valence-corrected chi connectivity index (χ1v) is 12.2. The second-order valence-electron chi connectivity index (χ2n) is 11.4. The van der Waals surface area contributed by atoms with Crippen LogP contribution in [0.2, 0.25) is 0 Å². The van der Waals surface area contributed by atoms with Crippen molar-refractivity contribution in [3.05, 3.63) is 35.5 Å². The minimum atomic E-state index is -0.615. The van der Waals surface area contributed by atoms with Crippen LogP contribution < -0.4 is 0 Å². The molecule has 0 amide bonds. The van der Waals surface area contributed by atoms with Crippen LogP contribution >= 0.6 is 0 Å². The van der Waals surface area contributed by atoms with Crippen LogP contribution in [0.1, 0.15) is 91.9 Å². The molecule has 3 heteroatoms. The fraction of sp³-hybridized carbons (Fsp3) is 0.778. The van der Waals surface area contributed by atoms with Crippen molar-refractivity contribution in [2.24, 2.45) is 23.2 Å². The summed E-state index contributed by atoms with van der Waals surface area (Å²) in [5.41, 5.74) is 3.11. The van der Waals surface area contributed by atoms with E-state index in [9.17, 15) is 15.3 Å². The molecule has 1 unspecified atom stereocenters. The van der Waals surface area contributed by atoms with Gasteiger partial charge in [0.1, 0.15) is 0 Å². The fourth-order valence-electron chi connectivity index (χ4n) is 6.70. The van der Waals surface area contributed by atoms with Gasteiger partial charge in [0, 0.05) is 0 Å². The number of fused-ring (bicyclic) bond motifs is 1. The Kier molecular flexibility index (Phi) is 7.37. The van der Waals surface area contributed by atoms with Gasteiger partial charge in [-0.3, -0.25) is 0 Å². The molecule has 0 radical (unpaired) electrons. The standard InChI is InChI=1S/C27H44O3/c1-18(8-6-14-26(3,4)30)22-12-13-23-21(9-7-15-27(22,23)5)11-10-20-16-24(28)19(2)25(29)17-20/h10-11,18,22-25,28-30H,2,6-9,12-17H2,1,3-5H3/t18-,22?,23+,24-,25-,27-/m1/s1. The molecule has 6 atom stereocenters. The molecule has 3 rings (SSSR count). The van der Waals surface area contributed by atoms with Crippen LogP contribution in [0.3, 0.4) is 0 Å². The quantitative estimate of drug-likeness (QED) is 0.486. The number of rotatable bonds is 6. The first-order valence-electron chi connectivity index (χ1n) is 12.2. The van der Waals surface area contributed by atoms with Crippen LogP contribution in [0.25, 0.3) is 0 Å². The van der Waals surface area contributed by atoms with Crippen LogP contribution in [0.5, 0.6) is 0 Å². The average Bonchev–Trinajstić information content (AvgIpc) is 3.00. The predicted molar refractivity (Wildman–Crippen MR) is 124 cm³/mol. The summed E-state index contributed by atoms with van der Waals surface area (Å²) in [5, 5.41) is 30.3. The summed E-state index contributed by atoms with van der Waals surface area (Å²) in [6.45, 7) is 12.6. The molecule has 0 spiro atoms. The van der Waals surface area contributed by atoms with E-state index < -0.39 is 17.8 Å². The van der Waals surface area contributed by atoms with Crippen LogP contribution in [0.4, 0.5) is 0 Å². The molecule has 0 aliphatic heterocycles. The lowest BCUT2D eigenvalue weighted by molar-refractivity contribution is 0.0596. The third-order valence-corrected chi connectivity index (χ3v) is 8.47. The first-order chi connectivity index (χ1) is 14.0. The molecule has 0 aromatic rings. The molecule has 3 nitrogen and oxygen atoms in total. The van der Waals surface area contributed by atoms with E-state index in [2.05, 4.69) is 32.6 Å². The molecule has 3 saturated carbocycles. The maximum absolute atomic E-state index is 10.1. The Labute approximate surface area is 184 Å². The van der Waals surface area contributed by atoms with E-state index in [1.54, 1.807) is 5.57 Å². The van der Waals surface area contributed by atoms with Crippen LogP contribution in [-0.4, -0.2) is 33.1 Å². The Morgan fingerprint density at radius 1 is 1.17 bits per heavy atom. The van der Waals surface area contributed by atoms with Gasteiger partial charge in [-0.25, -0.2) is 0 Å². The van der Waals surface area contributed by atoms with Gasteiger partial charge >= 0.3 is 0 Å². The van der Waals surface area contributed by atoms with E-state index in [4.69, 9.17) is 0 Å². The van der Waals surface area contributed by atoms with E-state index in [1.807, 2.05) is 13.8 Å². The van der Waals surface area contributed by atoms with E-state index >= 15 is 0 Å². The Bertz CT molecular complexity index is 667. The average molecular weight is 417 g/mol. The predicted octanol–water partition coefficient (Wildman–Crippen LogP) is 5.70. The highest BCUT2D eigenvalue weighted by Crippen LogP contribution is 2.60. The zero-order valence-electron chi connectivity index (χ0n) is 19.7. The van der Waals surface area contributed by atoms with Crippen molar-refractivity contribution in [1.82, 2.24) is 0 Å². The summed E-state index contributed by atoms with van der Waals surface area (Å²) in [6, 6.07) is 0. The van der Waals surface area contributed by atoms with Gasteiger partial charge in [-0.05, 0) is 94.0 Å². The molecule has 3 aliphatic carbocycles. The Balaban J connectivity index is 1.67. The summed E-state index contributed by atoms with van der Waals surface area (Å²) >= 11 is 0. The summed E-state index contributed by atoms with van der Waals surface area (Å²) < 4.78 is 0. The molecule has 0 aromatic heterocycles. The fourth-order valence-corrected chi connectivity index (χ4v) is 6.70. The van der Waals surface area contributed by atoms with Crippen molar-refractivity contribution < 1.29 is 15.3 Å². The van der Waals surface area contributed by atoms with Gasteiger partial charge < -0.3 is 15.3 Å². The number of hydrogen-bond donors (Lipinski definition) is 3. The summed E-state index contributed by atoms with van der Waals surface area (Å²) in [4.78, 5) is 0. The van der Waals surface area contributed by atoms with E-state index in [1.165, 1.54) is 38.5 Å². The summed E-state index contributed by atoms with van der Waals surface area (Å²) in [5.74, 6) is 2.13. The minimum Gasteiger partial charge on any atom is -0.390 e. The molecule has 3 fully saturated rings. The largest absolute Gasteiger partial charge is 0.390 e. The second kappa shape index (κ2) is 9.30. The first kappa shape index (κ1) is 23.8. The second-order valence-corrected chi connectivity index (χ2v) is 11.4. The van der Waals surface area contributed by atoms with Crippen molar-refractivity contribution in [1.29, 1.82) is 0 Å². The van der Waals surface area contributed by atoms with Crippen molar-refractivity contribution in [2.75, 3.05) is 0 Å². The van der Waals surface area contributed by atoms with Crippen LogP contribution in [-0.2, 0) is 0 Å². The van der Waals surface area contributed by atoms with Crippen LogP contribution in [0.15, 0.2) is 35.5 Å². The maximum Gasteiger partial charge on any atom is 0.0809 e. The molecule has 3 N–H and O–H groups in total. The van der Waals surface area contributed by atoms with E-state index in [0.29, 0.717) is 35.7 Å². The molecular weight excluding hydrogens is 372 g/mol. The van der Waals surface area contributed by atoms with Gasteiger partial charge in [0.05, 0.1) is 17.8 Å². The highest BCUT2D eigenvalue weighted by atomic mass is 16.3. The van der Waals surface area contributed by atoms with Crippen molar-refractivity contribution in [3.8, 4) is 0 Å². The van der Waals surface area contributed by atoms with Gasteiger partial charge in [-0.2, -0.15) is 0 Å². The van der Waals surface area contributed by atoms with Crippen molar-refractivity contribution in [2.45, 2.75) is 110 Å². The highest BCUT2D eigenvalue weighted by Gasteiger charge is 2.50. The molecular formula is C27H44O3. The SMILES string of the molecule is C=C1[C@H](O)CC(=CC=C2CCC[C@]3(C)C([C@H](C)CCCC(C)(C)O)CC[C@@H]23)C[C@H]1O. The van der Waals surface area contributed by atoms with Gasteiger partial charge in [0.25, 0.3) is 0 Å². The van der Waals surface area contributed by atoms with Crippen molar-refractivity contribution >= 4 is 0 Å². The lowest BCUT2D eigenvalue weighted by Gasteiger charge is -2.44. The number of hydrogen-bond acceptors (Lipinski definition) is 3. The summed E-state index contributed by atoms with van der Waals surface area (Å²) in [6.07, 6.45) is 14.0. The van der Waals surface area contributed by atoms with Crippen LogP contribution in [0, 0.1) is 23.2 Å². The number of allylic oxidation sites excluding steroid dienone is 3. The number of aliphatic hydroxyl groups excluding tert-OH is 2. The number of aliphatic hydroxyl groups is 3. The molecule has 30 heavy (non-hydrogen) atoms. The lowest BCUT2D eigenvalue weighted by atomic mass is 9.60. The van der Waals surface area contributed by atoms with Gasteiger partial charge in [0.2, 0.25) is 0 Å². The van der Waals surface area contributed by atoms with E-state index in [-0.39, 0.29) is 0 Å². The molecule has 0 saturated heterocycles. The van der Waals surface area contributed by atoms with E-state index in [0.717, 1.165) is 24.3 Å². The Morgan fingerprint density at radius 3 is 2.47 bits per heavy atom. The molecule has 170 valence electrons. The maximum atomic E-state index is 10.1. The lowest BCUT2D eigenvalue weighted by Crippen LogP contribution is -2.36.